The van der Waals surface area contributed by atoms with Gasteiger partial charge in [0.1, 0.15) is 18.2 Å². The molecule has 2 N–H and O–H groups in total. The second-order valence-corrected chi connectivity index (χ2v) is 9.23. The molecule has 1 fully saturated rings. The molecule has 0 aromatic carbocycles. The van der Waals surface area contributed by atoms with Gasteiger partial charge in [0, 0.05) is 32.2 Å². The number of rotatable bonds is 11. The van der Waals surface area contributed by atoms with Crippen molar-refractivity contribution in [3.63, 3.8) is 0 Å². The van der Waals surface area contributed by atoms with E-state index in [1.54, 1.807) is 13.1 Å². The fourth-order valence-electron chi connectivity index (χ4n) is 3.04. The van der Waals surface area contributed by atoms with Crippen molar-refractivity contribution < 1.29 is 28.7 Å². The Hall–Kier alpha value is -2.86. The average molecular weight is 478 g/mol. The normalized spacial score (nSPS) is 16.3. The fraction of sp³-hybridized carbons (Fsp3) is 0.680. The van der Waals surface area contributed by atoms with E-state index in [2.05, 4.69) is 29.4 Å². The number of carbonyl (C=O) groups excluding carboxylic acids is 4. The van der Waals surface area contributed by atoms with Crippen LogP contribution < -0.4 is 10.6 Å². The average Bonchev–Trinajstić information content (AvgIpc) is 2.74. The minimum Gasteiger partial charge on any atom is -0.444 e. The van der Waals surface area contributed by atoms with Gasteiger partial charge in [0.2, 0.25) is 17.7 Å². The lowest BCUT2D eigenvalue weighted by Gasteiger charge is -2.24. The Kier molecular flexibility index (Phi) is 13.0. The molecule has 0 radical (unpaired) electrons. The van der Waals surface area contributed by atoms with E-state index >= 15 is 0 Å². The number of imide groups is 1. The Bertz CT molecular complexity index is 804. The zero-order valence-electron chi connectivity index (χ0n) is 21.1. The van der Waals surface area contributed by atoms with E-state index in [4.69, 9.17) is 9.47 Å². The first-order valence-electron chi connectivity index (χ1n) is 11.9. The molecule has 0 spiro atoms. The monoisotopic (exact) mass is 477 g/mol. The number of piperidine rings is 1. The Balaban J connectivity index is 2.47. The molecule has 34 heavy (non-hydrogen) atoms. The second-order valence-electron chi connectivity index (χ2n) is 9.23. The number of allylic oxidation sites excluding steroid dienone is 1. The molecular formula is C25H39N3O6. The zero-order valence-corrected chi connectivity index (χ0v) is 21.1. The Morgan fingerprint density at radius 3 is 2.62 bits per heavy atom. The summed E-state index contributed by atoms with van der Waals surface area (Å²) in [7, 11) is 1.68. The van der Waals surface area contributed by atoms with Gasteiger partial charge in [-0.1, -0.05) is 31.6 Å². The van der Waals surface area contributed by atoms with Crippen LogP contribution >= 0.6 is 0 Å². The largest absolute Gasteiger partial charge is 0.444 e. The number of unbranched alkanes of at least 4 members (excludes halogenated alkanes) is 2. The minimum absolute atomic E-state index is 0.198. The lowest BCUT2D eigenvalue weighted by molar-refractivity contribution is -0.136. The van der Waals surface area contributed by atoms with Crippen LogP contribution in [0.5, 0.6) is 0 Å². The van der Waals surface area contributed by atoms with E-state index < -0.39 is 17.6 Å². The molecule has 1 saturated heterocycles. The number of ether oxygens (including phenoxy) is 2. The summed E-state index contributed by atoms with van der Waals surface area (Å²) in [5, 5.41) is 4.95. The number of nitrogens with one attached hydrogen (secondary N) is 2. The molecule has 1 unspecified atom stereocenters. The highest BCUT2D eigenvalue weighted by Crippen LogP contribution is 2.12. The van der Waals surface area contributed by atoms with Crippen molar-refractivity contribution in [3.8, 4) is 11.8 Å². The van der Waals surface area contributed by atoms with Crippen molar-refractivity contribution in [1.82, 2.24) is 15.5 Å². The van der Waals surface area contributed by atoms with E-state index in [0.29, 0.717) is 38.0 Å². The molecule has 1 rings (SSSR count). The van der Waals surface area contributed by atoms with Gasteiger partial charge in [0.05, 0.1) is 0 Å². The Morgan fingerprint density at radius 1 is 1.24 bits per heavy atom. The fourth-order valence-corrected chi connectivity index (χ4v) is 3.04. The quantitative estimate of drug-likeness (QED) is 0.205. The second kappa shape index (κ2) is 15.1. The molecule has 0 bridgehead atoms. The summed E-state index contributed by atoms with van der Waals surface area (Å²) in [6, 6.07) is -0.713. The van der Waals surface area contributed by atoms with Crippen LogP contribution in [0.1, 0.15) is 72.6 Å². The highest BCUT2D eigenvalue weighted by Gasteiger charge is 2.28. The predicted molar refractivity (Wildman–Crippen MR) is 129 cm³/mol. The molecule has 0 saturated carbocycles. The third-order valence-electron chi connectivity index (χ3n) is 4.90. The SMILES string of the molecule is CCCCC/C(=C/C#CCOCCCN(C)C(=O)OC(C)(C)C)C(=O)NC1CCC(=O)NC1=O. The highest BCUT2D eigenvalue weighted by molar-refractivity contribution is 6.03. The van der Waals surface area contributed by atoms with Crippen LogP contribution in [-0.2, 0) is 23.9 Å². The molecule has 9 nitrogen and oxygen atoms in total. The number of hydrogen-bond donors (Lipinski definition) is 2. The molecule has 0 aromatic heterocycles. The Labute approximate surface area is 203 Å². The van der Waals surface area contributed by atoms with Crippen LogP contribution in [-0.4, -0.2) is 67.2 Å². The van der Waals surface area contributed by atoms with Gasteiger partial charge < -0.3 is 19.7 Å². The standard InChI is InChI=1S/C25H39N3O6/c1-6-7-8-12-19(22(30)26-20-14-15-21(29)27-23(20)31)13-9-10-17-33-18-11-16-28(5)24(32)34-25(2,3)4/h13,20H,6-8,11-12,14-18H2,1-5H3,(H,26,30)(H,27,29,31)/b19-13-. The van der Waals surface area contributed by atoms with Crippen molar-refractivity contribution in [2.24, 2.45) is 0 Å². The summed E-state index contributed by atoms with van der Waals surface area (Å²) in [6.45, 7) is 8.68. The lowest BCUT2D eigenvalue weighted by atomic mass is 10.0. The van der Waals surface area contributed by atoms with E-state index in [9.17, 15) is 19.2 Å². The molecule has 1 atom stereocenters. The first kappa shape index (κ1) is 29.2. The van der Waals surface area contributed by atoms with Crippen molar-refractivity contribution in [2.45, 2.75) is 84.3 Å². The maximum absolute atomic E-state index is 12.7. The third-order valence-corrected chi connectivity index (χ3v) is 4.90. The molecule has 0 aromatic rings. The molecule has 9 heteroatoms. The Morgan fingerprint density at radius 2 is 1.97 bits per heavy atom. The first-order chi connectivity index (χ1) is 16.0. The van der Waals surface area contributed by atoms with Gasteiger partial charge >= 0.3 is 6.09 Å². The summed E-state index contributed by atoms with van der Waals surface area (Å²) in [5.74, 6) is 4.58. The minimum atomic E-state index is -0.713. The van der Waals surface area contributed by atoms with E-state index in [-0.39, 0.29) is 30.9 Å². The third kappa shape index (κ3) is 12.4. The van der Waals surface area contributed by atoms with Crippen LogP contribution in [0.3, 0.4) is 0 Å². The number of carbonyl (C=O) groups is 4. The van der Waals surface area contributed by atoms with Gasteiger partial charge in [-0.3, -0.25) is 19.7 Å². The first-order valence-corrected chi connectivity index (χ1v) is 11.9. The van der Waals surface area contributed by atoms with Crippen molar-refractivity contribution >= 4 is 23.8 Å². The van der Waals surface area contributed by atoms with Crippen molar-refractivity contribution in [3.05, 3.63) is 11.6 Å². The lowest BCUT2D eigenvalue weighted by Crippen LogP contribution is -2.52. The molecule has 1 heterocycles. The summed E-state index contributed by atoms with van der Waals surface area (Å²) in [6.07, 6.45) is 5.73. The van der Waals surface area contributed by atoms with Crippen LogP contribution in [0.2, 0.25) is 0 Å². The van der Waals surface area contributed by atoms with Gasteiger partial charge in [-0.25, -0.2) is 4.79 Å². The summed E-state index contributed by atoms with van der Waals surface area (Å²) in [5.41, 5.74) is -0.0244. The van der Waals surface area contributed by atoms with Crippen molar-refractivity contribution in [2.75, 3.05) is 26.8 Å². The van der Waals surface area contributed by atoms with Crippen LogP contribution in [0.25, 0.3) is 0 Å². The van der Waals surface area contributed by atoms with Gasteiger partial charge in [-0.2, -0.15) is 0 Å². The van der Waals surface area contributed by atoms with E-state index in [1.165, 1.54) is 4.90 Å². The van der Waals surface area contributed by atoms with Crippen molar-refractivity contribution in [1.29, 1.82) is 0 Å². The molecule has 1 aliphatic heterocycles. The van der Waals surface area contributed by atoms with Gasteiger partial charge in [-0.05, 0) is 52.5 Å². The maximum Gasteiger partial charge on any atom is 0.410 e. The number of amides is 4. The maximum atomic E-state index is 12.7. The smallest absolute Gasteiger partial charge is 0.410 e. The molecule has 1 aliphatic rings. The highest BCUT2D eigenvalue weighted by atomic mass is 16.6. The summed E-state index contributed by atoms with van der Waals surface area (Å²) < 4.78 is 10.8. The van der Waals surface area contributed by atoms with E-state index in [0.717, 1.165) is 19.3 Å². The van der Waals surface area contributed by atoms with E-state index in [1.807, 2.05) is 20.8 Å². The van der Waals surface area contributed by atoms with Gasteiger partial charge in [0.25, 0.3) is 0 Å². The van der Waals surface area contributed by atoms with Crippen LogP contribution in [0.15, 0.2) is 11.6 Å². The van der Waals surface area contributed by atoms with Gasteiger partial charge in [-0.15, -0.1) is 0 Å². The molecular weight excluding hydrogens is 438 g/mol. The van der Waals surface area contributed by atoms with Crippen LogP contribution in [0, 0.1) is 11.8 Å². The predicted octanol–water partition coefficient (Wildman–Crippen LogP) is 2.69. The molecule has 190 valence electrons. The number of hydrogen-bond acceptors (Lipinski definition) is 6. The van der Waals surface area contributed by atoms with Gasteiger partial charge in [0.15, 0.2) is 0 Å². The summed E-state index contributed by atoms with van der Waals surface area (Å²) in [4.78, 5) is 49.3. The summed E-state index contributed by atoms with van der Waals surface area (Å²) >= 11 is 0. The molecule has 0 aliphatic carbocycles. The van der Waals surface area contributed by atoms with Crippen LogP contribution in [0.4, 0.5) is 4.79 Å². The topological polar surface area (TPSA) is 114 Å². The number of nitrogens with zero attached hydrogens (tertiary/aromatic N) is 1. The molecule has 4 amide bonds. The zero-order chi connectivity index (χ0) is 25.6.